The number of rotatable bonds is 6. The molecule has 1 amide bonds. The second-order valence-corrected chi connectivity index (χ2v) is 7.16. The van der Waals surface area contributed by atoms with E-state index in [4.69, 9.17) is 4.74 Å². The van der Waals surface area contributed by atoms with Crippen molar-refractivity contribution in [3.63, 3.8) is 0 Å². The molecule has 0 spiro atoms. The quantitative estimate of drug-likeness (QED) is 0.585. The van der Waals surface area contributed by atoms with Crippen LogP contribution in [-0.2, 0) is 16.6 Å². The number of amides is 1. The van der Waals surface area contributed by atoms with Gasteiger partial charge in [0.15, 0.2) is 5.78 Å². The van der Waals surface area contributed by atoms with E-state index in [2.05, 4.69) is 0 Å². The number of carbonyl (C=O) groups is 3. The fourth-order valence-corrected chi connectivity index (χ4v) is 3.40. The highest BCUT2D eigenvalue weighted by atomic mass is 16.5. The number of nitrogens with zero attached hydrogens (tertiary/aromatic N) is 2. The van der Waals surface area contributed by atoms with Gasteiger partial charge in [0, 0.05) is 30.3 Å². The molecule has 1 heterocycles. The van der Waals surface area contributed by atoms with Crippen LogP contribution < -0.4 is 0 Å². The summed E-state index contributed by atoms with van der Waals surface area (Å²) in [7, 11) is 3.07. The van der Waals surface area contributed by atoms with Crippen LogP contribution in [0.4, 0.5) is 0 Å². The molecule has 0 aliphatic heterocycles. The van der Waals surface area contributed by atoms with Gasteiger partial charge in [-0.2, -0.15) is 0 Å². The molecule has 25 heavy (non-hydrogen) atoms. The summed E-state index contributed by atoms with van der Waals surface area (Å²) < 4.78 is 6.52. The number of hydrogen-bond acceptors (Lipinski definition) is 4. The third-order valence-electron chi connectivity index (χ3n) is 5.04. The maximum absolute atomic E-state index is 13.2. The van der Waals surface area contributed by atoms with E-state index in [1.807, 2.05) is 20.8 Å². The Morgan fingerprint density at radius 2 is 1.72 bits per heavy atom. The van der Waals surface area contributed by atoms with Crippen LogP contribution in [0.2, 0.25) is 0 Å². The minimum Gasteiger partial charge on any atom is -0.464 e. The summed E-state index contributed by atoms with van der Waals surface area (Å²) in [5, 5.41) is 0. The predicted molar refractivity (Wildman–Crippen MR) is 94.7 cm³/mol. The smallest absolute Gasteiger partial charge is 0.354 e. The molecule has 1 atom stereocenters. The van der Waals surface area contributed by atoms with Gasteiger partial charge in [-0.15, -0.1) is 0 Å². The Morgan fingerprint density at radius 1 is 1.16 bits per heavy atom. The van der Waals surface area contributed by atoms with Crippen molar-refractivity contribution in [2.45, 2.75) is 59.5 Å². The topological polar surface area (TPSA) is 68.6 Å². The predicted octanol–water partition coefficient (Wildman–Crippen LogP) is 2.65. The molecule has 6 nitrogen and oxygen atoms in total. The first-order chi connectivity index (χ1) is 11.6. The molecular formula is C19H28N2O4. The van der Waals surface area contributed by atoms with Crippen molar-refractivity contribution in [3.8, 4) is 0 Å². The van der Waals surface area contributed by atoms with Crippen molar-refractivity contribution in [1.82, 2.24) is 9.47 Å². The fraction of sp³-hybridized carbons (Fsp3) is 0.632. The summed E-state index contributed by atoms with van der Waals surface area (Å²) in [4.78, 5) is 39.6. The number of methoxy groups -OCH3 is 1. The molecule has 6 heteroatoms. The zero-order valence-corrected chi connectivity index (χ0v) is 16.2. The van der Waals surface area contributed by atoms with E-state index in [9.17, 15) is 14.4 Å². The third kappa shape index (κ3) is 3.34. The van der Waals surface area contributed by atoms with Crippen molar-refractivity contribution >= 4 is 17.7 Å². The SMILES string of the molecule is COC(=O)c1c(C)c(C(=O)[C@@H](C)N(C(=O)C(C)C)C2CC2)c(C)n1C. The standard InChI is InChI=1S/C19H28N2O4/c1-10(2)18(23)21(14-8-9-14)13(5)17(22)15-11(3)16(19(24)25-7)20(6)12(15)4/h10,13-14H,8-9H2,1-7H3/t13-/m1/s1. The van der Waals surface area contributed by atoms with Gasteiger partial charge in [-0.3, -0.25) is 9.59 Å². The fourth-order valence-electron chi connectivity index (χ4n) is 3.40. The number of Topliss-reactive ketones (excluding diaryl/α,β-unsaturated/α-hetero) is 1. The summed E-state index contributed by atoms with van der Waals surface area (Å²) in [6, 6.07) is -0.397. The molecule has 0 bridgehead atoms. The summed E-state index contributed by atoms with van der Waals surface area (Å²) >= 11 is 0. The summed E-state index contributed by atoms with van der Waals surface area (Å²) in [6.45, 7) is 9.05. The van der Waals surface area contributed by atoms with Crippen LogP contribution in [0.15, 0.2) is 0 Å². The lowest BCUT2D eigenvalue weighted by molar-refractivity contribution is -0.136. The molecule has 138 valence electrons. The Kier molecular flexibility index (Phi) is 5.40. The molecule has 0 saturated heterocycles. The molecule has 1 aromatic heterocycles. The number of aromatic nitrogens is 1. The number of carbonyl (C=O) groups excluding carboxylic acids is 3. The van der Waals surface area contributed by atoms with Crippen LogP contribution in [-0.4, -0.2) is 46.3 Å². The maximum Gasteiger partial charge on any atom is 0.354 e. The molecule has 0 aromatic carbocycles. The lowest BCUT2D eigenvalue weighted by Crippen LogP contribution is -2.46. The van der Waals surface area contributed by atoms with Gasteiger partial charge in [0.1, 0.15) is 5.69 Å². The monoisotopic (exact) mass is 348 g/mol. The van der Waals surface area contributed by atoms with Crippen LogP contribution in [0.5, 0.6) is 0 Å². The van der Waals surface area contributed by atoms with Gasteiger partial charge in [-0.25, -0.2) is 4.79 Å². The van der Waals surface area contributed by atoms with Gasteiger partial charge in [0.2, 0.25) is 5.91 Å². The van der Waals surface area contributed by atoms with E-state index in [0.29, 0.717) is 22.5 Å². The number of esters is 1. The Labute approximate surface area is 149 Å². The zero-order valence-electron chi connectivity index (χ0n) is 16.2. The molecule has 2 rings (SSSR count). The van der Waals surface area contributed by atoms with Crippen molar-refractivity contribution < 1.29 is 19.1 Å². The molecule has 0 radical (unpaired) electrons. The van der Waals surface area contributed by atoms with E-state index in [1.54, 1.807) is 30.4 Å². The van der Waals surface area contributed by atoms with Gasteiger partial charge < -0.3 is 14.2 Å². The molecule has 0 unspecified atom stereocenters. The van der Waals surface area contributed by atoms with Crippen LogP contribution in [0.1, 0.15) is 65.7 Å². The highest BCUT2D eigenvalue weighted by Gasteiger charge is 2.40. The number of ether oxygens (including phenoxy) is 1. The van der Waals surface area contributed by atoms with Gasteiger partial charge in [-0.05, 0) is 39.2 Å². The molecule has 1 aliphatic rings. The first-order valence-electron chi connectivity index (χ1n) is 8.74. The van der Waals surface area contributed by atoms with Gasteiger partial charge in [0.05, 0.1) is 13.2 Å². The van der Waals surface area contributed by atoms with E-state index < -0.39 is 12.0 Å². The van der Waals surface area contributed by atoms with E-state index >= 15 is 0 Å². The van der Waals surface area contributed by atoms with Crippen LogP contribution in [0.3, 0.4) is 0 Å². The Balaban J connectivity index is 2.43. The Bertz CT molecular complexity index is 713. The second-order valence-electron chi connectivity index (χ2n) is 7.16. The van der Waals surface area contributed by atoms with Crippen molar-refractivity contribution in [2.24, 2.45) is 13.0 Å². The van der Waals surface area contributed by atoms with Crippen molar-refractivity contribution in [3.05, 3.63) is 22.5 Å². The van der Waals surface area contributed by atoms with Crippen LogP contribution in [0, 0.1) is 19.8 Å². The lowest BCUT2D eigenvalue weighted by Gasteiger charge is -2.30. The van der Waals surface area contributed by atoms with E-state index in [1.165, 1.54) is 7.11 Å². The number of hydrogen-bond donors (Lipinski definition) is 0. The van der Waals surface area contributed by atoms with E-state index in [0.717, 1.165) is 12.8 Å². The first kappa shape index (κ1) is 19.2. The molecular weight excluding hydrogens is 320 g/mol. The Hall–Kier alpha value is -2.11. The minimum atomic E-state index is -0.548. The lowest BCUT2D eigenvalue weighted by atomic mass is 9.99. The van der Waals surface area contributed by atoms with Crippen LogP contribution in [0.25, 0.3) is 0 Å². The normalized spacial score (nSPS) is 15.2. The molecule has 1 fully saturated rings. The molecule has 1 saturated carbocycles. The van der Waals surface area contributed by atoms with Gasteiger partial charge >= 0.3 is 5.97 Å². The largest absolute Gasteiger partial charge is 0.464 e. The summed E-state index contributed by atoms with van der Waals surface area (Å²) in [5.74, 6) is -0.740. The highest BCUT2D eigenvalue weighted by molar-refractivity contribution is 6.06. The average molecular weight is 348 g/mol. The van der Waals surface area contributed by atoms with Gasteiger partial charge in [-0.1, -0.05) is 13.8 Å². The molecule has 1 aromatic rings. The molecule has 1 aliphatic carbocycles. The first-order valence-corrected chi connectivity index (χ1v) is 8.74. The van der Waals surface area contributed by atoms with Crippen LogP contribution >= 0.6 is 0 Å². The zero-order chi connectivity index (χ0) is 19.0. The summed E-state index contributed by atoms with van der Waals surface area (Å²) in [5.41, 5.74) is 2.21. The summed E-state index contributed by atoms with van der Waals surface area (Å²) in [6.07, 6.45) is 1.88. The maximum atomic E-state index is 13.2. The van der Waals surface area contributed by atoms with Crippen molar-refractivity contribution in [1.29, 1.82) is 0 Å². The second kappa shape index (κ2) is 7.02. The average Bonchev–Trinajstić information content (AvgIpc) is 3.35. The highest BCUT2D eigenvalue weighted by Crippen LogP contribution is 2.32. The number of ketones is 1. The molecule has 0 N–H and O–H groups in total. The third-order valence-corrected chi connectivity index (χ3v) is 5.04. The van der Waals surface area contributed by atoms with Crippen molar-refractivity contribution in [2.75, 3.05) is 7.11 Å². The van der Waals surface area contributed by atoms with Gasteiger partial charge in [0.25, 0.3) is 0 Å². The van der Waals surface area contributed by atoms with E-state index in [-0.39, 0.29) is 23.7 Å². The minimum absolute atomic E-state index is 0.00257. The Morgan fingerprint density at radius 3 is 2.16 bits per heavy atom.